The van der Waals surface area contributed by atoms with Gasteiger partial charge in [-0.05, 0) is 34.4 Å². The van der Waals surface area contributed by atoms with Gasteiger partial charge in [0.15, 0.2) is 0 Å². The van der Waals surface area contributed by atoms with Gasteiger partial charge in [0, 0.05) is 17.0 Å². The molecule has 0 fully saturated rings. The Morgan fingerprint density at radius 2 is 1.79 bits per heavy atom. The van der Waals surface area contributed by atoms with E-state index in [-0.39, 0.29) is 5.41 Å². The molecule has 3 aromatic rings. The van der Waals surface area contributed by atoms with Gasteiger partial charge in [0.2, 0.25) is 0 Å². The van der Waals surface area contributed by atoms with Gasteiger partial charge in [0.1, 0.15) is 6.33 Å². The highest BCUT2D eigenvalue weighted by molar-refractivity contribution is 5.91. The minimum Gasteiger partial charge on any atom is -0.244 e. The van der Waals surface area contributed by atoms with Crippen molar-refractivity contribution < 1.29 is 0 Å². The Morgan fingerprint density at radius 3 is 2.68 bits per heavy atom. The predicted octanol–water partition coefficient (Wildman–Crippen LogP) is 3.94. The molecule has 1 heterocycles. The van der Waals surface area contributed by atoms with Crippen molar-refractivity contribution in [3.63, 3.8) is 0 Å². The summed E-state index contributed by atoms with van der Waals surface area (Å²) in [6.07, 6.45) is 3.50. The minimum absolute atomic E-state index is 0.0515. The number of hydrogen-bond acceptors (Lipinski definition) is 2. The lowest BCUT2D eigenvalue weighted by molar-refractivity contribution is 0.661. The van der Waals surface area contributed by atoms with Crippen LogP contribution in [0.15, 0.2) is 48.9 Å². The molecule has 92 valence electrons. The molecule has 2 heteroatoms. The van der Waals surface area contributed by atoms with Crippen LogP contribution >= 0.6 is 0 Å². The molecule has 19 heavy (non-hydrogen) atoms. The Morgan fingerprint density at radius 1 is 0.947 bits per heavy atom. The van der Waals surface area contributed by atoms with Gasteiger partial charge >= 0.3 is 0 Å². The van der Waals surface area contributed by atoms with Crippen LogP contribution in [0.2, 0.25) is 0 Å². The van der Waals surface area contributed by atoms with E-state index in [1.54, 1.807) is 6.33 Å². The molecule has 2 aromatic carbocycles. The Labute approximate surface area is 112 Å². The predicted molar refractivity (Wildman–Crippen MR) is 77.1 cm³/mol. The van der Waals surface area contributed by atoms with Crippen LogP contribution in [0.25, 0.3) is 22.0 Å². The summed E-state index contributed by atoms with van der Waals surface area (Å²) in [5.74, 6) is 0. The van der Waals surface area contributed by atoms with E-state index in [0.29, 0.717) is 0 Å². The van der Waals surface area contributed by atoms with E-state index >= 15 is 0 Å². The van der Waals surface area contributed by atoms with E-state index in [2.05, 4.69) is 60.2 Å². The molecule has 0 bridgehead atoms. The fraction of sp³-hybridized carbons (Fsp3) is 0.176. The second kappa shape index (κ2) is 3.41. The number of benzene rings is 2. The van der Waals surface area contributed by atoms with Crippen LogP contribution in [0.1, 0.15) is 25.0 Å². The van der Waals surface area contributed by atoms with E-state index in [1.165, 1.54) is 22.3 Å². The summed E-state index contributed by atoms with van der Waals surface area (Å²) in [7, 11) is 0. The van der Waals surface area contributed by atoms with Gasteiger partial charge in [0.25, 0.3) is 0 Å². The fourth-order valence-electron chi connectivity index (χ4n) is 3.18. The van der Waals surface area contributed by atoms with Gasteiger partial charge in [-0.3, -0.25) is 0 Å². The quantitative estimate of drug-likeness (QED) is 0.600. The van der Waals surface area contributed by atoms with Crippen molar-refractivity contribution in [1.29, 1.82) is 0 Å². The molecule has 0 N–H and O–H groups in total. The molecule has 1 aromatic heterocycles. The van der Waals surface area contributed by atoms with Crippen LogP contribution in [0.5, 0.6) is 0 Å². The number of hydrogen-bond donors (Lipinski definition) is 0. The minimum atomic E-state index is 0.0515. The van der Waals surface area contributed by atoms with Crippen molar-refractivity contribution in [2.75, 3.05) is 0 Å². The van der Waals surface area contributed by atoms with Crippen molar-refractivity contribution in [2.24, 2.45) is 0 Å². The average molecular weight is 246 g/mol. The third-order valence-corrected chi connectivity index (χ3v) is 4.21. The van der Waals surface area contributed by atoms with Crippen molar-refractivity contribution in [1.82, 2.24) is 9.97 Å². The molecule has 0 unspecified atom stereocenters. The standard InChI is InChI=1S/C17H14N2/c1-17(2)14-6-4-3-5-12(14)13-8-16-11(7-15(13)17)9-18-10-19-16/h3-10H,1-2H3. The van der Waals surface area contributed by atoms with Crippen LogP contribution in [0.3, 0.4) is 0 Å². The lowest BCUT2D eigenvalue weighted by atomic mass is 9.82. The summed E-state index contributed by atoms with van der Waals surface area (Å²) in [6.45, 7) is 4.57. The van der Waals surface area contributed by atoms with E-state index < -0.39 is 0 Å². The van der Waals surface area contributed by atoms with Gasteiger partial charge < -0.3 is 0 Å². The first-order valence-corrected chi connectivity index (χ1v) is 6.52. The number of rotatable bonds is 0. The summed E-state index contributed by atoms with van der Waals surface area (Å²) in [6, 6.07) is 13.1. The highest BCUT2D eigenvalue weighted by Gasteiger charge is 2.35. The normalized spacial score (nSPS) is 15.3. The SMILES string of the molecule is CC1(C)c2ccccc2-c2cc3ncncc3cc21. The van der Waals surface area contributed by atoms with Crippen molar-refractivity contribution >= 4 is 10.9 Å². The van der Waals surface area contributed by atoms with Gasteiger partial charge in [0.05, 0.1) is 5.52 Å². The maximum absolute atomic E-state index is 4.37. The van der Waals surface area contributed by atoms with E-state index in [4.69, 9.17) is 0 Å². The average Bonchev–Trinajstić information content (AvgIpc) is 2.66. The van der Waals surface area contributed by atoms with Gasteiger partial charge in [-0.15, -0.1) is 0 Å². The summed E-state index contributed by atoms with van der Waals surface area (Å²) >= 11 is 0. The zero-order valence-corrected chi connectivity index (χ0v) is 11.0. The van der Waals surface area contributed by atoms with E-state index in [0.717, 1.165) is 10.9 Å². The first-order valence-electron chi connectivity index (χ1n) is 6.52. The van der Waals surface area contributed by atoms with Crippen LogP contribution < -0.4 is 0 Å². The molecule has 0 radical (unpaired) electrons. The zero-order valence-electron chi connectivity index (χ0n) is 11.0. The molecule has 1 aliphatic rings. The third-order valence-electron chi connectivity index (χ3n) is 4.21. The zero-order chi connectivity index (χ0) is 13.0. The lowest BCUT2D eigenvalue weighted by Gasteiger charge is -2.21. The molecule has 0 atom stereocenters. The molecule has 0 saturated heterocycles. The monoisotopic (exact) mass is 246 g/mol. The van der Waals surface area contributed by atoms with Gasteiger partial charge in [-0.2, -0.15) is 0 Å². The summed E-state index contributed by atoms with van der Waals surface area (Å²) < 4.78 is 0. The fourth-order valence-corrected chi connectivity index (χ4v) is 3.18. The Kier molecular flexibility index (Phi) is 1.92. The smallest absolute Gasteiger partial charge is 0.116 e. The third kappa shape index (κ3) is 1.31. The van der Waals surface area contributed by atoms with Crippen LogP contribution in [0, 0.1) is 0 Å². The van der Waals surface area contributed by atoms with Crippen molar-refractivity contribution in [3.8, 4) is 11.1 Å². The first kappa shape index (κ1) is 10.7. The molecular weight excluding hydrogens is 232 g/mol. The second-order valence-corrected chi connectivity index (χ2v) is 5.65. The molecular formula is C17H14N2. The molecule has 0 amide bonds. The number of aromatic nitrogens is 2. The Bertz CT molecular complexity index is 803. The largest absolute Gasteiger partial charge is 0.244 e. The van der Waals surface area contributed by atoms with Gasteiger partial charge in [-0.1, -0.05) is 38.1 Å². The Hall–Kier alpha value is -2.22. The molecule has 0 saturated carbocycles. The number of fused-ring (bicyclic) bond motifs is 4. The summed E-state index contributed by atoms with van der Waals surface area (Å²) in [5, 5.41) is 1.11. The molecule has 1 aliphatic carbocycles. The van der Waals surface area contributed by atoms with E-state index in [1.807, 2.05) is 6.20 Å². The highest BCUT2D eigenvalue weighted by Crippen LogP contribution is 2.49. The molecule has 2 nitrogen and oxygen atoms in total. The molecule has 4 rings (SSSR count). The van der Waals surface area contributed by atoms with Crippen LogP contribution in [0.4, 0.5) is 0 Å². The maximum atomic E-state index is 4.37. The van der Waals surface area contributed by atoms with Crippen molar-refractivity contribution in [2.45, 2.75) is 19.3 Å². The van der Waals surface area contributed by atoms with Crippen molar-refractivity contribution in [3.05, 3.63) is 60.0 Å². The lowest BCUT2D eigenvalue weighted by Crippen LogP contribution is -2.14. The first-order chi connectivity index (χ1) is 9.18. The second-order valence-electron chi connectivity index (χ2n) is 5.65. The number of nitrogens with zero attached hydrogens (tertiary/aromatic N) is 2. The summed E-state index contributed by atoms with van der Waals surface area (Å²) in [5.41, 5.74) is 6.48. The van der Waals surface area contributed by atoms with Crippen LogP contribution in [-0.2, 0) is 5.41 Å². The van der Waals surface area contributed by atoms with E-state index in [9.17, 15) is 0 Å². The topological polar surface area (TPSA) is 25.8 Å². The van der Waals surface area contributed by atoms with Gasteiger partial charge in [-0.25, -0.2) is 9.97 Å². The summed E-state index contributed by atoms with van der Waals surface area (Å²) in [4.78, 5) is 8.49. The highest BCUT2D eigenvalue weighted by atomic mass is 14.8. The molecule has 0 aliphatic heterocycles. The Balaban J connectivity index is 2.15. The van der Waals surface area contributed by atoms with Crippen LogP contribution in [-0.4, -0.2) is 9.97 Å². The maximum Gasteiger partial charge on any atom is 0.116 e. The molecule has 0 spiro atoms.